The van der Waals surface area contributed by atoms with Gasteiger partial charge in [0.15, 0.2) is 0 Å². The summed E-state index contributed by atoms with van der Waals surface area (Å²) in [5.41, 5.74) is 8.31. The van der Waals surface area contributed by atoms with Crippen molar-refractivity contribution in [2.45, 2.75) is 25.9 Å². The first-order chi connectivity index (χ1) is 7.81. The number of pyridine rings is 1. The Balaban J connectivity index is 2.19. The highest BCUT2D eigenvalue weighted by molar-refractivity contribution is 5.13. The molecule has 0 bridgehead atoms. The van der Waals surface area contributed by atoms with Crippen LogP contribution in [0.4, 0.5) is 0 Å². The van der Waals surface area contributed by atoms with Gasteiger partial charge in [0, 0.05) is 31.2 Å². The minimum absolute atomic E-state index is 0.0596. The molecular formula is C12H16N4. The standard InChI is InChI=1S/C12H16N4/c1-2-11(13)12-7-15-9-16(12)8-10-3-5-14-6-4-10/h3-7,9,11H,2,8,13H2,1H3/t11-/m1/s1. The van der Waals surface area contributed by atoms with Gasteiger partial charge in [-0.15, -0.1) is 0 Å². The molecule has 0 aromatic carbocycles. The summed E-state index contributed by atoms with van der Waals surface area (Å²) < 4.78 is 2.09. The van der Waals surface area contributed by atoms with E-state index in [1.807, 2.05) is 24.7 Å². The second kappa shape index (κ2) is 4.90. The third kappa shape index (κ3) is 2.28. The van der Waals surface area contributed by atoms with Gasteiger partial charge in [0.2, 0.25) is 0 Å². The van der Waals surface area contributed by atoms with Gasteiger partial charge in [-0.1, -0.05) is 6.92 Å². The van der Waals surface area contributed by atoms with Gasteiger partial charge in [-0.2, -0.15) is 0 Å². The summed E-state index contributed by atoms with van der Waals surface area (Å²) in [6, 6.07) is 4.06. The van der Waals surface area contributed by atoms with Crippen LogP contribution < -0.4 is 5.73 Å². The molecule has 2 aromatic heterocycles. The smallest absolute Gasteiger partial charge is 0.0951 e. The molecule has 84 valence electrons. The molecule has 0 spiro atoms. The van der Waals surface area contributed by atoms with Crippen molar-refractivity contribution in [3.63, 3.8) is 0 Å². The number of rotatable bonds is 4. The summed E-state index contributed by atoms with van der Waals surface area (Å²) >= 11 is 0. The fourth-order valence-corrected chi connectivity index (χ4v) is 1.67. The van der Waals surface area contributed by atoms with Crippen molar-refractivity contribution < 1.29 is 0 Å². The van der Waals surface area contributed by atoms with Gasteiger partial charge in [-0.3, -0.25) is 4.98 Å². The number of aromatic nitrogens is 3. The maximum Gasteiger partial charge on any atom is 0.0951 e. The number of nitrogens with zero attached hydrogens (tertiary/aromatic N) is 3. The summed E-state index contributed by atoms with van der Waals surface area (Å²) in [6.45, 7) is 2.87. The van der Waals surface area contributed by atoms with Gasteiger partial charge < -0.3 is 10.3 Å². The lowest BCUT2D eigenvalue weighted by molar-refractivity contribution is 0.618. The topological polar surface area (TPSA) is 56.7 Å². The lowest BCUT2D eigenvalue weighted by atomic mass is 10.2. The molecule has 16 heavy (non-hydrogen) atoms. The molecule has 0 aliphatic heterocycles. The lowest BCUT2D eigenvalue weighted by Gasteiger charge is -2.12. The van der Waals surface area contributed by atoms with E-state index in [2.05, 4.69) is 21.5 Å². The summed E-state index contributed by atoms with van der Waals surface area (Å²) in [5, 5.41) is 0. The largest absolute Gasteiger partial charge is 0.329 e. The van der Waals surface area contributed by atoms with Crippen molar-refractivity contribution in [1.29, 1.82) is 0 Å². The van der Waals surface area contributed by atoms with Gasteiger partial charge in [0.05, 0.1) is 12.0 Å². The van der Waals surface area contributed by atoms with E-state index >= 15 is 0 Å². The van der Waals surface area contributed by atoms with Gasteiger partial charge >= 0.3 is 0 Å². The molecular weight excluding hydrogens is 200 g/mol. The summed E-state index contributed by atoms with van der Waals surface area (Å²) in [7, 11) is 0. The van der Waals surface area contributed by atoms with Crippen molar-refractivity contribution in [2.75, 3.05) is 0 Å². The molecule has 2 aromatic rings. The van der Waals surface area contributed by atoms with Crippen LogP contribution in [0.3, 0.4) is 0 Å². The highest BCUT2D eigenvalue weighted by atomic mass is 15.1. The van der Waals surface area contributed by atoms with Crippen LogP contribution in [0.2, 0.25) is 0 Å². The maximum absolute atomic E-state index is 6.02. The Hall–Kier alpha value is -1.68. The molecule has 4 heteroatoms. The molecule has 0 fully saturated rings. The number of imidazole rings is 1. The van der Waals surface area contributed by atoms with Crippen LogP contribution >= 0.6 is 0 Å². The average molecular weight is 216 g/mol. The first-order valence-corrected chi connectivity index (χ1v) is 5.45. The van der Waals surface area contributed by atoms with Crippen molar-refractivity contribution in [1.82, 2.24) is 14.5 Å². The van der Waals surface area contributed by atoms with E-state index in [1.165, 1.54) is 5.56 Å². The van der Waals surface area contributed by atoms with Gasteiger partial charge in [-0.25, -0.2) is 4.98 Å². The molecule has 0 amide bonds. The molecule has 0 aliphatic carbocycles. The van der Waals surface area contributed by atoms with Crippen LogP contribution in [-0.4, -0.2) is 14.5 Å². The van der Waals surface area contributed by atoms with E-state index in [9.17, 15) is 0 Å². The summed E-state index contributed by atoms with van der Waals surface area (Å²) in [5.74, 6) is 0. The Labute approximate surface area is 95.1 Å². The van der Waals surface area contributed by atoms with E-state index < -0.39 is 0 Å². The van der Waals surface area contributed by atoms with Gasteiger partial charge in [0.25, 0.3) is 0 Å². The molecule has 2 heterocycles. The molecule has 2 rings (SSSR count). The normalized spacial score (nSPS) is 12.6. The van der Waals surface area contributed by atoms with Crippen LogP contribution in [0.15, 0.2) is 37.1 Å². The second-order valence-corrected chi connectivity index (χ2v) is 3.82. The Morgan fingerprint density at radius 1 is 1.31 bits per heavy atom. The maximum atomic E-state index is 6.02. The summed E-state index contributed by atoms with van der Waals surface area (Å²) in [6.07, 6.45) is 8.18. The SMILES string of the molecule is CC[C@@H](N)c1cncn1Cc1ccncc1. The zero-order valence-corrected chi connectivity index (χ0v) is 9.37. The Morgan fingerprint density at radius 2 is 2.06 bits per heavy atom. The average Bonchev–Trinajstić information content (AvgIpc) is 2.77. The van der Waals surface area contributed by atoms with E-state index in [1.54, 1.807) is 12.4 Å². The first kappa shape index (κ1) is 10.8. The van der Waals surface area contributed by atoms with Crippen LogP contribution in [0, 0.1) is 0 Å². The van der Waals surface area contributed by atoms with Crippen molar-refractivity contribution >= 4 is 0 Å². The Morgan fingerprint density at radius 3 is 2.75 bits per heavy atom. The van der Waals surface area contributed by atoms with Gasteiger partial charge in [0.1, 0.15) is 0 Å². The highest BCUT2D eigenvalue weighted by Crippen LogP contribution is 2.14. The lowest BCUT2D eigenvalue weighted by Crippen LogP contribution is -2.14. The molecule has 2 N–H and O–H groups in total. The molecule has 0 unspecified atom stereocenters. The van der Waals surface area contributed by atoms with Crippen molar-refractivity contribution in [2.24, 2.45) is 5.73 Å². The molecule has 0 saturated heterocycles. The quantitative estimate of drug-likeness (QED) is 0.846. The van der Waals surface area contributed by atoms with Crippen LogP contribution in [0.5, 0.6) is 0 Å². The van der Waals surface area contributed by atoms with E-state index in [4.69, 9.17) is 5.73 Å². The number of hydrogen-bond acceptors (Lipinski definition) is 3. The molecule has 0 saturated carbocycles. The van der Waals surface area contributed by atoms with Crippen molar-refractivity contribution in [3.05, 3.63) is 48.3 Å². The molecule has 1 atom stereocenters. The third-order valence-corrected chi connectivity index (χ3v) is 2.67. The zero-order chi connectivity index (χ0) is 11.4. The fraction of sp³-hybridized carbons (Fsp3) is 0.333. The minimum Gasteiger partial charge on any atom is -0.329 e. The molecule has 4 nitrogen and oxygen atoms in total. The first-order valence-electron chi connectivity index (χ1n) is 5.45. The van der Waals surface area contributed by atoms with Gasteiger partial charge in [-0.05, 0) is 24.1 Å². The van der Waals surface area contributed by atoms with Crippen LogP contribution in [-0.2, 0) is 6.54 Å². The highest BCUT2D eigenvalue weighted by Gasteiger charge is 2.09. The number of nitrogens with two attached hydrogens (primary N) is 1. The van der Waals surface area contributed by atoms with E-state index in [0.717, 1.165) is 18.7 Å². The monoisotopic (exact) mass is 216 g/mol. The molecule has 0 radical (unpaired) electrons. The summed E-state index contributed by atoms with van der Waals surface area (Å²) in [4.78, 5) is 8.15. The second-order valence-electron chi connectivity index (χ2n) is 3.82. The minimum atomic E-state index is 0.0596. The predicted octanol–water partition coefficient (Wildman–Crippen LogP) is 1.74. The van der Waals surface area contributed by atoms with E-state index in [0.29, 0.717) is 0 Å². The van der Waals surface area contributed by atoms with E-state index in [-0.39, 0.29) is 6.04 Å². The fourth-order valence-electron chi connectivity index (χ4n) is 1.67. The Kier molecular flexibility index (Phi) is 3.31. The zero-order valence-electron chi connectivity index (χ0n) is 9.37. The van der Waals surface area contributed by atoms with Crippen LogP contribution in [0.1, 0.15) is 30.6 Å². The van der Waals surface area contributed by atoms with Crippen LogP contribution in [0.25, 0.3) is 0 Å². The third-order valence-electron chi connectivity index (χ3n) is 2.67. The molecule has 0 aliphatic rings. The number of hydrogen-bond donors (Lipinski definition) is 1. The van der Waals surface area contributed by atoms with Crippen molar-refractivity contribution in [3.8, 4) is 0 Å². The Bertz CT molecular complexity index is 435. The predicted molar refractivity (Wildman–Crippen MR) is 62.8 cm³/mol.